The summed E-state index contributed by atoms with van der Waals surface area (Å²) in [6, 6.07) is 0.434. The van der Waals surface area contributed by atoms with Crippen molar-refractivity contribution >= 4 is 0 Å². The molecule has 0 aromatic carbocycles. The predicted molar refractivity (Wildman–Crippen MR) is 82.5 cm³/mol. The highest BCUT2D eigenvalue weighted by molar-refractivity contribution is 5.02. The van der Waals surface area contributed by atoms with Crippen molar-refractivity contribution in [3.8, 4) is 0 Å². The van der Waals surface area contributed by atoms with Gasteiger partial charge in [0.2, 0.25) is 0 Å². The fraction of sp³-hybridized carbons (Fsp3) is 1.00. The third-order valence-corrected chi connectivity index (χ3v) is 6.05. The van der Waals surface area contributed by atoms with Gasteiger partial charge >= 0.3 is 0 Å². The highest BCUT2D eigenvalue weighted by Gasteiger charge is 2.48. The summed E-state index contributed by atoms with van der Waals surface area (Å²) >= 11 is 0. The maximum atomic E-state index is 6.11. The van der Waals surface area contributed by atoms with E-state index in [4.69, 9.17) is 14.2 Å². The summed E-state index contributed by atoms with van der Waals surface area (Å²) in [6.07, 6.45) is 9.63. The molecule has 1 spiro atoms. The zero-order chi connectivity index (χ0) is 14.8. The summed E-state index contributed by atoms with van der Waals surface area (Å²) in [5.74, 6) is 0.628. The monoisotopic (exact) mass is 297 g/mol. The lowest BCUT2D eigenvalue weighted by Gasteiger charge is -2.49. The fourth-order valence-electron chi connectivity index (χ4n) is 4.93. The molecule has 0 amide bonds. The molecule has 0 aromatic heterocycles. The van der Waals surface area contributed by atoms with Crippen LogP contribution in [-0.2, 0) is 14.2 Å². The molecule has 21 heavy (non-hydrogen) atoms. The topological polar surface area (TPSA) is 39.7 Å². The van der Waals surface area contributed by atoms with Crippen LogP contribution >= 0.6 is 0 Å². The number of hydrogen-bond acceptors (Lipinski definition) is 4. The number of hydrogen-bond donors (Lipinski definition) is 1. The molecule has 3 unspecified atom stereocenters. The summed E-state index contributed by atoms with van der Waals surface area (Å²) in [6.45, 7) is 2.50. The van der Waals surface area contributed by atoms with Crippen LogP contribution in [0.3, 0.4) is 0 Å². The number of likely N-dealkylation sites (N-methyl/N-ethyl adjacent to an activating group) is 1. The van der Waals surface area contributed by atoms with E-state index >= 15 is 0 Å². The Balaban J connectivity index is 1.75. The Kier molecular flexibility index (Phi) is 4.89. The summed E-state index contributed by atoms with van der Waals surface area (Å²) in [5.41, 5.74) is 0.0112. The van der Waals surface area contributed by atoms with Crippen LogP contribution in [0.5, 0.6) is 0 Å². The van der Waals surface area contributed by atoms with Crippen LogP contribution in [0.2, 0.25) is 0 Å². The zero-order valence-corrected chi connectivity index (χ0v) is 13.7. The molecule has 3 fully saturated rings. The van der Waals surface area contributed by atoms with Gasteiger partial charge in [0.25, 0.3) is 0 Å². The number of nitrogens with one attached hydrogen (secondary N) is 1. The van der Waals surface area contributed by atoms with Crippen LogP contribution in [0, 0.1) is 5.92 Å². The van der Waals surface area contributed by atoms with Gasteiger partial charge in [-0.15, -0.1) is 0 Å². The first-order valence-electron chi connectivity index (χ1n) is 8.68. The third kappa shape index (κ3) is 3.00. The maximum absolute atomic E-state index is 6.11. The van der Waals surface area contributed by atoms with Gasteiger partial charge in [0.15, 0.2) is 0 Å². The van der Waals surface area contributed by atoms with Gasteiger partial charge in [0.05, 0.1) is 17.8 Å². The minimum atomic E-state index is -0.0123. The molecule has 3 aliphatic rings. The molecule has 1 aliphatic carbocycles. The van der Waals surface area contributed by atoms with Crippen molar-refractivity contribution in [3.63, 3.8) is 0 Å². The smallest absolute Gasteiger partial charge is 0.0939 e. The lowest BCUT2D eigenvalue weighted by Crippen LogP contribution is -2.58. The predicted octanol–water partition coefficient (Wildman–Crippen LogP) is 2.51. The maximum Gasteiger partial charge on any atom is 0.0939 e. The van der Waals surface area contributed by atoms with Gasteiger partial charge in [-0.1, -0.05) is 19.3 Å². The van der Waals surface area contributed by atoms with E-state index in [9.17, 15) is 0 Å². The Bertz CT molecular complexity index is 335. The normalized spacial score (nSPS) is 37.7. The molecule has 4 nitrogen and oxygen atoms in total. The molecular weight excluding hydrogens is 266 g/mol. The third-order valence-electron chi connectivity index (χ3n) is 6.05. The Labute approximate surface area is 128 Å². The molecule has 3 atom stereocenters. The molecule has 4 heteroatoms. The minimum absolute atomic E-state index is 0.0123. The van der Waals surface area contributed by atoms with Crippen LogP contribution in [-0.4, -0.2) is 51.2 Å². The second kappa shape index (κ2) is 6.53. The van der Waals surface area contributed by atoms with Crippen molar-refractivity contribution in [1.29, 1.82) is 0 Å². The molecular formula is C17H31NO3. The van der Waals surface area contributed by atoms with Gasteiger partial charge in [-0.05, 0) is 38.6 Å². The first-order chi connectivity index (χ1) is 10.2. The van der Waals surface area contributed by atoms with E-state index in [-0.39, 0.29) is 11.2 Å². The Morgan fingerprint density at radius 3 is 2.57 bits per heavy atom. The highest BCUT2D eigenvalue weighted by atomic mass is 16.6. The standard InChI is InChI=1S/C17H31NO3/c1-18-15(17(19-2)7-4-3-5-8-17)14-6-10-21-16(12-14)9-11-20-13-16/h14-15,18H,3-13H2,1-2H3. The molecule has 0 bridgehead atoms. The van der Waals surface area contributed by atoms with Crippen molar-refractivity contribution in [2.75, 3.05) is 34.0 Å². The lowest BCUT2D eigenvalue weighted by atomic mass is 9.70. The summed E-state index contributed by atoms with van der Waals surface area (Å²) in [5, 5.41) is 3.62. The first kappa shape index (κ1) is 15.7. The van der Waals surface area contributed by atoms with E-state index in [1.165, 1.54) is 32.1 Å². The van der Waals surface area contributed by atoms with E-state index in [1.807, 2.05) is 7.11 Å². The van der Waals surface area contributed by atoms with Gasteiger partial charge in [-0.3, -0.25) is 0 Å². The number of ether oxygens (including phenoxy) is 3. The van der Waals surface area contributed by atoms with Crippen molar-refractivity contribution in [1.82, 2.24) is 5.32 Å². The quantitative estimate of drug-likeness (QED) is 0.865. The fourth-order valence-corrected chi connectivity index (χ4v) is 4.93. The Morgan fingerprint density at radius 1 is 1.14 bits per heavy atom. The van der Waals surface area contributed by atoms with E-state index in [1.54, 1.807) is 0 Å². The molecule has 122 valence electrons. The molecule has 1 saturated carbocycles. The lowest BCUT2D eigenvalue weighted by molar-refractivity contribution is -0.133. The molecule has 2 saturated heterocycles. The molecule has 0 radical (unpaired) electrons. The molecule has 0 aromatic rings. The Hall–Kier alpha value is -0.160. The highest BCUT2D eigenvalue weighted by Crippen LogP contribution is 2.43. The summed E-state index contributed by atoms with van der Waals surface area (Å²) < 4.78 is 17.8. The molecule has 2 aliphatic heterocycles. The average Bonchev–Trinajstić information content (AvgIpc) is 2.97. The van der Waals surface area contributed by atoms with Crippen LogP contribution in [0.25, 0.3) is 0 Å². The van der Waals surface area contributed by atoms with Crippen molar-refractivity contribution in [2.24, 2.45) is 5.92 Å². The molecule has 1 N–H and O–H groups in total. The van der Waals surface area contributed by atoms with Gasteiger partial charge in [0.1, 0.15) is 0 Å². The largest absolute Gasteiger partial charge is 0.378 e. The zero-order valence-electron chi connectivity index (χ0n) is 13.7. The van der Waals surface area contributed by atoms with Crippen LogP contribution < -0.4 is 5.32 Å². The number of methoxy groups -OCH3 is 1. The van der Waals surface area contributed by atoms with E-state index in [0.29, 0.717) is 12.0 Å². The van der Waals surface area contributed by atoms with Crippen molar-refractivity contribution in [3.05, 3.63) is 0 Å². The van der Waals surface area contributed by atoms with Crippen molar-refractivity contribution in [2.45, 2.75) is 68.6 Å². The SMILES string of the molecule is CNC(C1CCOC2(CCOC2)C1)C1(OC)CCCCC1. The van der Waals surface area contributed by atoms with Crippen LogP contribution in [0.1, 0.15) is 51.4 Å². The minimum Gasteiger partial charge on any atom is -0.378 e. The molecule has 3 rings (SSSR count). The van der Waals surface area contributed by atoms with Gasteiger partial charge in [-0.2, -0.15) is 0 Å². The summed E-state index contributed by atoms with van der Waals surface area (Å²) in [7, 11) is 4.01. The van der Waals surface area contributed by atoms with Gasteiger partial charge in [0, 0.05) is 32.8 Å². The van der Waals surface area contributed by atoms with E-state index < -0.39 is 0 Å². The van der Waals surface area contributed by atoms with Crippen molar-refractivity contribution < 1.29 is 14.2 Å². The van der Waals surface area contributed by atoms with Crippen LogP contribution in [0.15, 0.2) is 0 Å². The van der Waals surface area contributed by atoms with E-state index in [2.05, 4.69) is 12.4 Å². The van der Waals surface area contributed by atoms with Crippen LogP contribution in [0.4, 0.5) is 0 Å². The van der Waals surface area contributed by atoms with Gasteiger partial charge < -0.3 is 19.5 Å². The second-order valence-corrected chi connectivity index (χ2v) is 7.18. The van der Waals surface area contributed by atoms with Gasteiger partial charge in [-0.25, -0.2) is 0 Å². The second-order valence-electron chi connectivity index (χ2n) is 7.18. The average molecular weight is 297 g/mol. The number of rotatable bonds is 4. The Morgan fingerprint density at radius 2 is 1.95 bits per heavy atom. The summed E-state index contributed by atoms with van der Waals surface area (Å²) in [4.78, 5) is 0. The van der Waals surface area contributed by atoms with E-state index in [0.717, 1.165) is 39.1 Å². The first-order valence-corrected chi connectivity index (χ1v) is 8.68. The molecule has 2 heterocycles.